The number of carbonyl (C=O) groups excluding carboxylic acids is 3. The molecule has 5 rings (SSSR count). The maximum absolute atomic E-state index is 13.4. The molecule has 5 aromatic rings. The van der Waals surface area contributed by atoms with Gasteiger partial charge in [0.05, 0.1) is 48.7 Å². The van der Waals surface area contributed by atoms with Crippen molar-refractivity contribution in [1.29, 1.82) is 0 Å². The van der Waals surface area contributed by atoms with Crippen molar-refractivity contribution >= 4 is 34.4 Å². The molecule has 9 heteroatoms. The molecule has 0 aliphatic heterocycles. The van der Waals surface area contributed by atoms with Crippen LogP contribution in [0.2, 0.25) is 0 Å². The van der Waals surface area contributed by atoms with E-state index in [9.17, 15) is 14.4 Å². The average Bonchev–Trinajstić information content (AvgIpc) is 3.32. The van der Waals surface area contributed by atoms with Gasteiger partial charge in [-0.25, -0.2) is 9.59 Å². The van der Waals surface area contributed by atoms with Crippen molar-refractivity contribution in [1.82, 2.24) is 4.57 Å². The molecule has 1 aromatic heterocycles. The lowest BCUT2D eigenvalue weighted by Crippen LogP contribution is -2.17. The molecular weight excluding hydrogens is 548 g/mol. The van der Waals surface area contributed by atoms with Crippen LogP contribution in [0.4, 0.5) is 5.69 Å². The zero-order valence-corrected chi connectivity index (χ0v) is 24.2. The van der Waals surface area contributed by atoms with Gasteiger partial charge in [-0.05, 0) is 68.4 Å². The normalized spacial score (nSPS) is 10.7. The first-order chi connectivity index (χ1) is 20.9. The molecule has 0 atom stereocenters. The van der Waals surface area contributed by atoms with Gasteiger partial charge in [0.15, 0.2) is 0 Å². The summed E-state index contributed by atoms with van der Waals surface area (Å²) in [4.78, 5) is 39.6. The van der Waals surface area contributed by atoms with Gasteiger partial charge in [-0.3, -0.25) is 4.79 Å². The first kappa shape index (κ1) is 28.9. The van der Waals surface area contributed by atoms with Gasteiger partial charge in [0.1, 0.15) is 17.2 Å². The molecule has 0 aliphatic rings. The fourth-order valence-electron chi connectivity index (χ4n) is 4.94. The standard InChI is InChI=1S/C34H30N2O7/c1-5-42-34(39)31-21(2)36(22-11-7-6-8-12-22)29-18-16-24(19-27(29)31)43-33(38)25-13-9-10-14-28(25)35-32(37)26-17-15-23(40-3)20-30(26)41-4/h6-20H,5H2,1-4H3,(H,35,37). The number of anilines is 1. The molecule has 218 valence electrons. The molecule has 0 spiro atoms. The fourth-order valence-corrected chi connectivity index (χ4v) is 4.94. The zero-order chi connectivity index (χ0) is 30.5. The molecular formula is C34H30N2O7. The van der Waals surface area contributed by atoms with Crippen LogP contribution < -0.4 is 19.5 Å². The number of nitrogens with zero attached hydrogens (tertiary/aromatic N) is 1. The first-order valence-electron chi connectivity index (χ1n) is 13.6. The summed E-state index contributed by atoms with van der Waals surface area (Å²) in [7, 11) is 2.97. The van der Waals surface area contributed by atoms with E-state index < -0.39 is 17.8 Å². The number of fused-ring (bicyclic) bond motifs is 1. The highest BCUT2D eigenvalue weighted by Crippen LogP contribution is 2.33. The highest BCUT2D eigenvalue weighted by atomic mass is 16.5. The second-order valence-corrected chi connectivity index (χ2v) is 9.49. The number of hydrogen-bond donors (Lipinski definition) is 1. The summed E-state index contributed by atoms with van der Waals surface area (Å²) in [6.45, 7) is 3.81. The van der Waals surface area contributed by atoms with Crippen LogP contribution in [0, 0.1) is 6.92 Å². The summed E-state index contributed by atoms with van der Waals surface area (Å²) in [6.07, 6.45) is 0. The Labute approximate surface area is 248 Å². The van der Waals surface area contributed by atoms with E-state index in [0.29, 0.717) is 28.1 Å². The molecule has 0 unspecified atom stereocenters. The van der Waals surface area contributed by atoms with Crippen molar-refractivity contribution in [3.05, 3.63) is 113 Å². The largest absolute Gasteiger partial charge is 0.497 e. The Morgan fingerprint density at radius 3 is 2.21 bits per heavy atom. The smallest absolute Gasteiger partial charge is 0.345 e. The molecule has 0 bridgehead atoms. The number of carbonyl (C=O) groups is 3. The van der Waals surface area contributed by atoms with Gasteiger partial charge in [0.25, 0.3) is 5.91 Å². The number of nitrogens with one attached hydrogen (secondary N) is 1. The summed E-state index contributed by atoms with van der Waals surface area (Å²) in [5.41, 5.74) is 3.39. The number of ether oxygens (including phenoxy) is 4. The Bertz CT molecular complexity index is 1830. The highest BCUT2D eigenvalue weighted by molar-refractivity contribution is 6.10. The molecule has 0 aliphatic carbocycles. The minimum Gasteiger partial charge on any atom is -0.497 e. The maximum Gasteiger partial charge on any atom is 0.345 e. The second kappa shape index (κ2) is 12.5. The average molecular weight is 579 g/mol. The fraction of sp³-hybridized carbons (Fsp3) is 0.147. The third kappa shape index (κ3) is 5.78. The number of esters is 2. The quantitative estimate of drug-likeness (QED) is 0.155. The summed E-state index contributed by atoms with van der Waals surface area (Å²) < 4.78 is 23.6. The number of methoxy groups -OCH3 is 2. The lowest BCUT2D eigenvalue weighted by atomic mass is 10.1. The molecule has 0 radical (unpaired) electrons. The Balaban J connectivity index is 1.47. The Morgan fingerprint density at radius 1 is 0.767 bits per heavy atom. The Kier molecular flexibility index (Phi) is 8.43. The summed E-state index contributed by atoms with van der Waals surface area (Å²) in [6, 6.07) is 26.1. The SMILES string of the molecule is CCOC(=O)c1c(C)n(-c2ccccc2)c2ccc(OC(=O)c3ccccc3NC(=O)c3ccc(OC)cc3OC)cc12. The van der Waals surface area contributed by atoms with Crippen LogP contribution in [0.25, 0.3) is 16.6 Å². The lowest BCUT2D eigenvalue weighted by molar-refractivity contribution is 0.0527. The predicted molar refractivity (Wildman–Crippen MR) is 163 cm³/mol. The van der Waals surface area contributed by atoms with Gasteiger partial charge in [0.2, 0.25) is 0 Å². The van der Waals surface area contributed by atoms with E-state index in [1.165, 1.54) is 14.2 Å². The van der Waals surface area contributed by atoms with E-state index in [4.69, 9.17) is 18.9 Å². The predicted octanol–water partition coefficient (Wildman–Crippen LogP) is 6.60. The van der Waals surface area contributed by atoms with Gasteiger partial charge in [-0.15, -0.1) is 0 Å². The van der Waals surface area contributed by atoms with Crippen molar-refractivity contribution in [2.24, 2.45) is 0 Å². The third-order valence-electron chi connectivity index (χ3n) is 6.93. The van der Waals surface area contributed by atoms with Gasteiger partial charge in [-0.1, -0.05) is 30.3 Å². The monoisotopic (exact) mass is 578 g/mol. The van der Waals surface area contributed by atoms with Crippen LogP contribution in [0.3, 0.4) is 0 Å². The molecule has 0 saturated carbocycles. The molecule has 9 nitrogen and oxygen atoms in total. The van der Waals surface area contributed by atoms with E-state index in [2.05, 4.69) is 5.32 Å². The summed E-state index contributed by atoms with van der Waals surface area (Å²) in [5.74, 6) is -0.543. The number of aromatic nitrogens is 1. The van der Waals surface area contributed by atoms with Gasteiger partial charge < -0.3 is 28.8 Å². The van der Waals surface area contributed by atoms with Gasteiger partial charge in [-0.2, -0.15) is 0 Å². The summed E-state index contributed by atoms with van der Waals surface area (Å²) in [5, 5.41) is 3.36. The molecule has 0 saturated heterocycles. The third-order valence-corrected chi connectivity index (χ3v) is 6.93. The van der Waals surface area contributed by atoms with E-state index in [0.717, 1.165) is 11.2 Å². The number of para-hydroxylation sites is 2. The van der Waals surface area contributed by atoms with E-state index >= 15 is 0 Å². The minimum atomic E-state index is -0.686. The number of amides is 1. The van der Waals surface area contributed by atoms with E-state index in [-0.39, 0.29) is 29.2 Å². The number of hydrogen-bond acceptors (Lipinski definition) is 7. The number of benzene rings is 4. The molecule has 1 amide bonds. The van der Waals surface area contributed by atoms with Crippen LogP contribution in [-0.4, -0.2) is 43.2 Å². The van der Waals surface area contributed by atoms with Crippen molar-refractivity contribution in [3.8, 4) is 22.9 Å². The Morgan fingerprint density at radius 2 is 1.49 bits per heavy atom. The summed E-state index contributed by atoms with van der Waals surface area (Å²) >= 11 is 0. The van der Waals surface area contributed by atoms with Gasteiger partial charge >= 0.3 is 11.9 Å². The lowest BCUT2D eigenvalue weighted by Gasteiger charge is -2.13. The van der Waals surface area contributed by atoms with Crippen molar-refractivity contribution in [3.63, 3.8) is 0 Å². The topological polar surface area (TPSA) is 105 Å². The van der Waals surface area contributed by atoms with Crippen LogP contribution in [0.1, 0.15) is 43.7 Å². The van der Waals surface area contributed by atoms with Crippen LogP contribution in [-0.2, 0) is 4.74 Å². The van der Waals surface area contributed by atoms with Crippen LogP contribution >= 0.6 is 0 Å². The molecule has 4 aromatic carbocycles. The maximum atomic E-state index is 13.4. The van der Waals surface area contributed by atoms with Crippen LogP contribution in [0.5, 0.6) is 17.2 Å². The molecule has 1 N–H and O–H groups in total. The van der Waals surface area contributed by atoms with Crippen molar-refractivity contribution < 1.29 is 33.3 Å². The van der Waals surface area contributed by atoms with Crippen molar-refractivity contribution in [2.75, 3.05) is 26.1 Å². The number of rotatable bonds is 9. The molecule has 0 fully saturated rings. The molecule has 43 heavy (non-hydrogen) atoms. The molecule has 1 heterocycles. The Hall–Kier alpha value is -5.57. The van der Waals surface area contributed by atoms with Gasteiger partial charge in [0, 0.05) is 22.8 Å². The minimum absolute atomic E-state index is 0.145. The highest BCUT2D eigenvalue weighted by Gasteiger charge is 2.24. The second-order valence-electron chi connectivity index (χ2n) is 9.49. The van der Waals surface area contributed by atoms with Crippen LogP contribution in [0.15, 0.2) is 91.0 Å². The van der Waals surface area contributed by atoms with E-state index in [1.54, 1.807) is 67.6 Å². The first-order valence-corrected chi connectivity index (χ1v) is 13.6. The zero-order valence-electron chi connectivity index (χ0n) is 24.2. The van der Waals surface area contributed by atoms with E-state index in [1.807, 2.05) is 41.8 Å². The van der Waals surface area contributed by atoms with Crippen molar-refractivity contribution in [2.45, 2.75) is 13.8 Å².